The molecule has 0 saturated heterocycles. The van der Waals surface area contributed by atoms with Gasteiger partial charge in [-0.05, 0) is 42.9 Å². The van der Waals surface area contributed by atoms with Crippen molar-refractivity contribution in [3.8, 4) is 5.75 Å². The molecule has 0 aliphatic heterocycles. The highest BCUT2D eigenvalue weighted by molar-refractivity contribution is 5.82. The van der Waals surface area contributed by atoms with E-state index in [0.717, 1.165) is 32.1 Å². The van der Waals surface area contributed by atoms with Crippen LogP contribution in [0.15, 0.2) is 24.3 Å². The Morgan fingerprint density at radius 3 is 2.44 bits per heavy atom. The SMILES string of the molecule is CCC(C)c1ccc(OCC(=O)NNC(=O)NC2CCCCC2)cc1. The van der Waals surface area contributed by atoms with E-state index in [0.29, 0.717) is 11.7 Å². The number of ether oxygens (including phenoxy) is 1. The molecule has 0 aromatic heterocycles. The highest BCUT2D eigenvalue weighted by Gasteiger charge is 2.15. The summed E-state index contributed by atoms with van der Waals surface area (Å²) in [7, 11) is 0. The van der Waals surface area contributed by atoms with Gasteiger partial charge in [0.2, 0.25) is 0 Å². The molecule has 0 bridgehead atoms. The van der Waals surface area contributed by atoms with E-state index in [-0.39, 0.29) is 18.7 Å². The lowest BCUT2D eigenvalue weighted by Crippen LogP contribution is -2.51. The molecular weight excluding hydrogens is 318 g/mol. The van der Waals surface area contributed by atoms with Crippen LogP contribution in [0.1, 0.15) is 63.9 Å². The van der Waals surface area contributed by atoms with Crippen molar-refractivity contribution < 1.29 is 14.3 Å². The van der Waals surface area contributed by atoms with Gasteiger partial charge in [0.15, 0.2) is 6.61 Å². The van der Waals surface area contributed by atoms with E-state index in [4.69, 9.17) is 4.74 Å². The predicted molar refractivity (Wildman–Crippen MR) is 97.3 cm³/mol. The van der Waals surface area contributed by atoms with Gasteiger partial charge >= 0.3 is 6.03 Å². The van der Waals surface area contributed by atoms with Crippen molar-refractivity contribution in [3.05, 3.63) is 29.8 Å². The molecule has 6 heteroatoms. The van der Waals surface area contributed by atoms with E-state index < -0.39 is 5.91 Å². The summed E-state index contributed by atoms with van der Waals surface area (Å²) < 4.78 is 5.43. The predicted octanol–water partition coefficient (Wildman–Crippen LogP) is 3.24. The van der Waals surface area contributed by atoms with Crippen LogP contribution in [0.5, 0.6) is 5.75 Å². The number of benzene rings is 1. The third kappa shape index (κ3) is 6.64. The minimum atomic E-state index is -0.398. The number of nitrogens with one attached hydrogen (secondary N) is 3. The first-order valence-electron chi connectivity index (χ1n) is 9.16. The number of hydrazine groups is 1. The van der Waals surface area contributed by atoms with Gasteiger partial charge in [-0.15, -0.1) is 0 Å². The van der Waals surface area contributed by atoms with Gasteiger partial charge in [0.25, 0.3) is 5.91 Å². The fourth-order valence-corrected chi connectivity index (χ4v) is 2.91. The highest BCUT2D eigenvalue weighted by Crippen LogP contribution is 2.21. The van der Waals surface area contributed by atoms with Gasteiger partial charge in [-0.2, -0.15) is 0 Å². The molecule has 1 saturated carbocycles. The lowest BCUT2D eigenvalue weighted by atomic mass is 9.96. The Morgan fingerprint density at radius 1 is 1.12 bits per heavy atom. The Hall–Kier alpha value is -2.24. The summed E-state index contributed by atoms with van der Waals surface area (Å²) >= 11 is 0. The van der Waals surface area contributed by atoms with E-state index in [1.165, 1.54) is 12.0 Å². The molecule has 0 heterocycles. The van der Waals surface area contributed by atoms with Crippen molar-refractivity contribution >= 4 is 11.9 Å². The van der Waals surface area contributed by atoms with Crippen LogP contribution >= 0.6 is 0 Å². The fourth-order valence-electron chi connectivity index (χ4n) is 2.91. The minimum absolute atomic E-state index is 0.146. The van der Waals surface area contributed by atoms with E-state index in [1.807, 2.05) is 24.3 Å². The van der Waals surface area contributed by atoms with Crippen LogP contribution in [0.2, 0.25) is 0 Å². The zero-order chi connectivity index (χ0) is 18.1. The molecule has 1 aliphatic carbocycles. The zero-order valence-corrected chi connectivity index (χ0v) is 15.1. The van der Waals surface area contributed by atoms with Gasteiger partial charge in [-0.1, -0.05) is 45.2 Å². The van der Waals surface area contributed by atoms with Crippen molar-refractivity contribution in [1.82, 2.24) is 16.2 Å². The molecule has 1 unspecified atom stereocenters. The maximum absolute atomic E-state index is 11.8. The molecule has 138 valence electrons. The topological polar surface area (TPSA) is 79.5 Å². The van der Waals surface area contributed by atoms with Gasteiger partial charge in [-0.25, -0.2) is 10.2 Å². The number of hydrogen-bond donors (Lipinski definition) is 3. The van der Waals surface area contributed by atoms with Crippen LogP contribution in [0.4, 0.5) is 4.79 Å². The first-order chi connectivity index (χ1) is 12.1. The molecule has 0 spiro atoms. The Labute approximate surface area is 149 Å². The molecule has 6 nitrogen and oxygen atoms in total. The van der Waals surface area contributed by atoms with E-state index in [1.54, 1.807) is 0 Å². The third-order valence-corrected chi connectivity index (χ3v) is 4.69. The average molecular weight is 347 g/mol. The molecule has 1 aromatic carbocycles. The molecule has 25 heavy (non-hydrogen) atoms. The highest BCUT2D eigenvalue weighted by atomic mass is 16.5. The normalized spacial score (nSPS) is 15.9. The summed E-state index contributed by atoms with van der Waals surface area (Å²) in [5.74, 6) is 0.739. The third-order valence-electron chi connectivity index (χ3n) is 4.69. The van der Waals surface area contributed by atoms with Crippen molar-refractivity contribution in [2.75, 3.05) is 6.61 Å². The number of rotatable bonds is 6. The van der Waals surface area contributed by atoms with Crippen molar-refractivity contribution in [3.63, 3.8) is 0 Å². The molecule has 1 aromatic rings. The Morgan fingerprint density at radius 2 is 1.80 bits per heavy atom. The standard InChI is InChI=1S/C19H29N3O3/c1-3-14(2)15-9-11-17(12-10-15)25-13-18(23)21-22-19(24)20-16-7-5-4-6-8-16/h9-12,14,16H,3-8,13H2,1-2H3,(H,21,23)(H2,20,22,24). The Bertz CT molecular complexity index is 554. The first-order valence-corrected chi connectivity index (χ1v) is 9.16. The number of amides is 3. The van der Waals surface area contributed by atoms with Gasteiger partial charge in [0.05, 0.1) is 0 Å². The second kappa shape index (κ2) is 9.91. The lowest BCUT2D eigenvalue weighted by Gasteiger charge is -2.22. The Kier molecular flexibility index (Phi) is 7.57. The summed E-state index contributed by atoms with van der Waals surface area (Å²) in [6.07, 6.45) is 6.58. The fraction of sp³-hybridized carbons (Fsp3) is 0.579. The number of urea groups is 1. The maximum atomic E-state index is 11.8. The van der Waals surface area contributed by atoms with Gasteiger partial charge < -0.3 is 10.1 Å². The van der Waals surface area contributed by atoms with Crippen molar-refractivity contribution in [1.29, 1.82) is 0 Å². The number of carbonyl (C=O) groups is 2. The molecule has 1 atom stereocenters. The molecule has 3 amide bonds. The van der Waals surface area contributed by atoms with E-state index in [2.05, 4.69) is 30.0 Å². The molecular formula is C19H29N3O3. The second-order valence-corrected chi connectivity index (χ2v) is 6.65. The van der Waals surface area contributed by atoms with Gasteiger partial charge in [-0.3, -0.25) is 10.2 Å². The number of hydrogen-bond acceptors (Lipinski definition) is 3. The lowest BCUT2D eigenvalue weighted by molar-refractivity contribution is -0.123. The summed E-state index contributed by atoms with van der Waals surface area (Å²) in [5.41, 5.74) is 5.97. The van der Waals surface area contributed by atoms with Crippen LogP contribution in [-0.2, 0) is 4.79 Å². The average Bonchev–Trinajstić information content (AvgIpc) is 2.65. The first kappa shape index (κ1) is 19.1. The van der Waals surface area contributed by atoms with E-state index in [9.17, 15) is 9.59 Å². The van der Waals surface area contributed by atoms with Crippen molar-refractivity contribution in [2.45, 2.75) is 64.3 Å². The van der Waals surface area contributed by atoms with Crippen molar-refractivity contribution in [2.24, 2.45) is 0 Å². The molecule has 1 fully saturated rings. The van der Waals surface area contributed by atoms with Crippen LogP contribution < -0.4 is 20.9 Å². The number of carbonyl (C=O) groups excluding carboxylic acids is 2. The molecule has 2 rings (SSSR count). The molecule has 1 aliphatic rings. The smallest absolute Gasteiger partial charge is 0.333 e. The van der Waals surface area contributed by atoms with Crippen LogP contribution in [0.25, 0.3) is 0 Å². The van der Waals surface area contributed by atoms with Gasteiger partial charge in [0, 0.05) is 6.04 Å². The monoisotopic (exact) mass is 347 g/mol. The Balaban J connectivity index is 1.65. The maximum Gasteiger partial charge on any atom is 0.333 e. The zero-order valence-electron chi connectivity index (χ0n) is 15.1. The summed E-state index contributed by atoms with van der Waals surface area (Å²) in [4.78, 5) is 23.5. The van der Waals surface area contributed by atoms with E-state index >= 15 is 0 Å². The summed E-state index contributed by atoms with van der Waals surface area (Å²) in [6.45, 7) is 4.18. The van der Waals surface area contributed by atoms with Crippen LogP contribution in [0.3, 0.4) is 0 Å². The quantitative estimate of drug-likeness (QED) is 0.691. The largest absolute Gasteiger partial charge is 0.484 e. The minimum Gasteiger partial charge on any atom is -0.484 e. The summed E-state index contributed by atoms with van der Waals surface area (Å²) in [6, 6.07) is 7.56. The molecule has 3 N–H and O–H groups in total. The van der Waals surface area contributed by atoms with Crippen LogP contribution in [0, 0.1) is 0 Å². The second-order valence-electron chi connectivity index (χ2n) is 6.65. The summed E-state index contributed by atoms with van der Waals surface area (Å²) in [5, 5.41) is 2.86. The van der Waals surface area contributed by atoms with Crippen LogP contribution in [-0.4, -0.2) is 24.6 Å². The molecule has 0 radical (unpaired) electrons. The van der Waals surface area contributed by atoms with Gasteiger partial charge in [0.1, 0.15) is 5.75 Å².